The van der Waals surface area contributed by atoms with Crippen molar-refractivity contribution in [2.24, 2.45) is 15.9 Å². The maximum atomic E-state index is 14.2. The molecule has 224 valence electrons. The molecule has 0 bridgehead atoms. The lowest BCUT2D eigenvalue weighted by molar-refractivity contribution is -0.109. The second-order valence-electron chi connectivity index (χ2n) is 10.3. The van der Waals surface area contributed by atoms with Gasteiger partial charge in [-0.05, 0) is 37.3 Å². The minimum absolute atomic E-state index is 0.113. The SMILES string of the molecule is C=CCCN(/C(=N/C)C1CC(Cl)=C(N2CCC(F)(F)C2)N=C1N(C=O)c1c(CC)cccc1CC)C(C)CNC=O. The van der Waals surface area contributed by atoms with E-state index in [-0.39, 0.29) is 31.2 Å². The number of amidine groups is 2. The first-order chi connectivity index (χ1) is 19.7. The van der Waals surface area contributed by atoms with Crippen LogP contribution in [0.2, 0.25) is 0 Å². The minimum Gasteiger partial charge on any atom is -0.357 e. The molecule has 1 aromatic carbocycles. The Balaban J connectivity index is 2.21. The fourth-order valence-corrected chi connectivity index (χ4v) is 5.86. The summed E-state index contributed by atoms with van der Waals surface area (Å²) in [7, 11) is 1.67. The summed E-state index contributed by atoms with van der Waals surface area (Å²) in [4.78, 5) is 38.7. The van der Waals surface area contributed by atoms with Gasteiger partial charge >= 0.3 is 0 Å². The number of allylic oxidation sites excluding steroid dienone is 1. The molecule has 0 spiro atoms. The predicted octanol–water partition coefficient (Wildman–Crippen LogP) is 4.98. The van der Waals surface area contributed by atoms with Crippen molar-refractivity contribution in [3.05, 3.63) is 52.8 Å². The van der Waals surface area contributed by atoms with Gasteiger partial charge in [0.2, 0.25) is 12.8 Å². The number of carbonyl (C=O) groups is 2. The Hall–Kier alpha value is -3.27. The molecule has 2 unspecified atom stereocenters. The molecule has 1 saturated heterocycles. The molecule has 1 aromatic rings. The van der Waals surface area contributed by atoms with Gasteiger partial charge in [0.05, 0.1) is 23.2 Å². The van der Waals surface area contributed by atoms with E-state index in [1.54, 1.807) is 18.0 Å². The number of rotatable bonds is 13. The number of hydrogen-bond donors (Lipinski definition) is 1. The Bertz CT molecular complexity index is 1180. The van der Waals surface area contributed by atoms with Crippen molar-refractivity contribution < 1.29 is 18.4 Å². The third-order valence-corrected chi connectivity index (χ3v) is 7.95. The van der Waals surface area contributed by atoms with Gasteiger partial charge in [0.15, 0.2) is 0 Å². The number of hydrogen-bond acceptors (Lipinski definition) is 5. The molecular formula is C30H41ClF2N6O2. The van der Waals surface area contributed by atoms with Gasteiger partial charge in [-0.3, -0.25) is 19.5 Å². The van der Waals surface area contributed by atoms with Gasteiger partial charge in [0.1, 0.15) is 17.5 Å². The van der Waals surface area contributed by atoms with Gasteiger partial charge < -0.3 is 15.1 Å². The third-order valence-electron chi connectivity index (χ3n) is 7.62. The molecular weight excluding hydrogens is 550 g/mol. The van der Waals surface area contributed by atoms with Crippen molar-refractivity contribution in [1.29, 1.82) is 0 Å². The van der Waals surface area contributed by atoms with Crippen molar-refractivity contribution in [1.82, 2.24) is 15.1 Å². The van der Waals surface area contributed by atoms with Crippen molar-refractivity contribution >= 4 is 41.8 Å². The molecule has 11 heteroatoms. The maximum absolute atomic E-state index is 14.2. The Kier molecular flexibility index (Phi) is 11.5. The highest BCUT2D eigenvalue weighted by molar-refractivity contribution is 6.31. The Labute approximate surface area is 246 Å². The number of halogens is 3. The van der Waals surface area contributed by atoms with Gasteiger partial charge in [-0.15, -0.1) is 6.58 Å². The van der Waals surface area contributed by atoms with Crippen LogP contribution < -0.4 is 10.2 Å². The normalized spacial score (nSPS) is 19.5. The average molecular weight is 591 g/mol. The topological polar surface area (TPSA) is 80.6 Å². The van der Waals surface area contributed by atoms with Crippen LogP contribution in [0.5, 0.6) is 0 Å². The summed E-state index contributed by atoms with van der Waals surface area (Å²) in [5, 5.41) is 3.07. The fourth-order valence-electron chi connectivity index (χ4n) is 5.55. The smallest absolute Gasteiger partial charge is 0.266 e. The highest BCUT2D eigenvalue weighted by Gasteiger charge is 2.43. The van der Waals surface area contributed by atoms with E-state index in [1.165, 1.54) is 4.90 Å². The van der Waals surface area contributed by atoms with Crippen LogP contribution >= 0.6 is 11.6 Å². The van der Waals surface area contributed by atoms with E-state index in [2.05, 4.69) is 21.8 Å². The molecule has 0 radical (unpaired) electrons. The standard InChI is InChI=1S/C30H41ClF2N6O2/c1-6-9-14-38(21(4)17-35-19-40)27(34-5)24-16-25(31)29(37-15-13-30(32,33)18-37)36-28(24)39(20-41)26-22(7-2)11-10-12-23(26)8-3/h6,10-12,19-21,24H,1,7-9,13-18H2,2-5H3,(H,35,40)/b34-27+. The molecule has 1 N–H and O–H groups in total. The van der Waals surface area contributed by atoms with E-state index in [0.717, 1.165) is 23.2 Å². The number of likely N-dealkylation sites (tertiary alicyclic amines) is 1. The van der Waals surface area contributed by atoms with Crippen molar-refractivity contribution in [2.75, 3.05) is 38.1 Å². The lowest BCUT2D eigenvalue weighted by Gasteiger charge is -2.40. The lowest BCUT2D eigenvalue weighted by atomic mass is 9.94. The fraction of sp³-hybridized carbons (Fsp3) is 0.533. The predicted molar refractivity (Wildman–Crippen MR) is 162 cm³/mol. The molecule has 0 aliphatic carbocycles. The van der Waals surface area contributed by atoms with Crippen molar-refractivity contribution in [3.8, 4) is 0 Å². The van der Waals surface area contributed by atoms with E-state index in [4.69, 9.17) is 16.6 Å². The zero-order valence-electron chi connectivity index (χ0n) is 24.4. The number of nitrogens with one attached hydrogen (secondary N) is 1. The van der Waals surface area contributed by atoms with Crippen molar-refractivity contribution in [3.63, 3.8) is 0 Å². The van der Waals surface area contributed by atoms with E-state index in [1.807, 2.05) is 39.0 Å². The highest BCUT2D eigenvalue weighted by Crippen LogP contribution is 2.38. The van der Waals surface area contributed by atoms with E-state index in [0.29, 0.717) is 55.5 Å². The summed E-state index contributed by atoms with van der Waals surface area (Å²) in [5.74, 6) is -2.12. The zero-order valence-corrected chi connectivity index (χ0v) is 25.1. The summed E-state index contributed by atoms with van der Waals surface area (Å²) >= 11 is 6.83. The molecule has 2 aliphatic rings. The van der Waals surface area contributed by atoms with Gasteiger partial charge in [0.25, 0.3) is 5.92 Å². The number of alkyl halides is 2. The first kappa shape index (κ1) is 32.2. The van der Waals surface area contributed by atoms with Gasteiger partial charge in [-0.25, -0.2) is 13.8 Å². The molecule has 2 aliphatic heterocycles. The van der Waals surface area contributed by atoms with Crippen LogP contribution in [0.1, 0.15) is 51.2 Å². The number of anilines is 1. The Morgan fingerprint density at radius 1 is 1.32 bits per heavy atom. The highest BCUT2D eigenvalue weighted by atomic mass is 35.5. The molecule has 3 rings (SSSR count). The molecule has 41 heavy (non-hydrogen) atoms. The number of aliphatic imine (C=N–C) groups is 2. The number of nitrogens with zero attached hydrogens (tertiary/aromatic N) is 5. The Morgan fingerprint density at radius 2 is 2.00 bits per heavy atom. The second-order valence-corrected chi connectivity index (χ2v) is 10.8. The molecule has 1 fully saturated rings. The van der Waals surface area contributed by atoms with Crippen LogP contribution in [0, 0.1) is 5.92 Å². The van der Waals surface area contributed by atoms with E-state index in [9.17, 15) is 18.4 Å². The number of amides is 2. The van der Waals surface area contributed by atoms with Crippen LogP contribution in [0.4, 0.5) is 14.5 Å². The molecule has 2 amide bonds. The first-order valence-corrected chi connectivity index (χ1v) is 14.5. The Morgan fingerprint density at radius 3 is 2.51 bits per heavy atom. The summed E-state index contributed by atoms with van der Waals surface area (Å²) < 4.78 is 28.5. The summed E-state index contributed by atoms with van der Waals surface area (Å²) in [5.41, 5.74) is 2.67. The third kappa shape index (κ3) is 7.33. The summed E-state index contributed by atoms with van der Waals surface area (Å²) in [6.07, 6.45) is 5.15. The molecule has 0 saturated carbocycles. The monoisotopic (exact) mass is 590 g/mol. The van der Waals surface area contributed by atoms with Crippen LogP contribution in [-0.2, 0) is 22.4 Å². The second kappa shape index (κ2) is 14.6. The van der Waals surface area contributed by atoms with Crippen molar-refractivity contribution in [2.45, 2.75) is 64.8 Å². The van der Waals surface area contributed by atoms with Crippen LogP contribution in [0.25, 0.3) is 0 Å². The van der Waals surface area contributed by atoms with Gasteiger partial charge in [-0.1, -0.05) is 49.7 Å². The van der Waals surface area contributed by atoms with E-state index < -0.39 is 18.4 Å². The van der Waals surface area contributed by atoms with Crippen LogP contribution in [0.15, 0.2) is 51.7 Å². The minimum atomic E-state index is -2.84. The lowest BCUT2D eigenvalue weighted by Crippen LogP contribution is -2.52. The summed E-state index contributed by atoms with van der Waals surface area (Å²) in [6.45, 7) is 10.4. The first-order valence-electron chi connectivity index (χ1n) is 14.1. The molecule has 2 heterocycles. The largest absolute Gasteiger partial charge is 0.357 e. The van der Waals surface area contributed by atoms with Crippen LogP contribution in [0.3, 0.4) is 0 Å². The molecule has 0 aromatic heterocycles. The quantitative estimate of drug-likeness (QED) is 0.152. The number of aryl methyl sites for hydroxylation is 2. The van der Waals surface area contributed by atoms with Gasteiger partial charge in [0, 0.05) is 45.6 Å². The maximum Gasteiger partial charge on any atom is 0.266 e. The average Bonchev–Trinajstić information content (AvgIpc) is 3.33. The zero-order chi connectivity index (χ0) is 30.2. The number of carbonyl (C=O) groups excluding carboxylic acids is 2. The molecule has 2 atom stereocenters. The molecule has 8 nitrogen and oxygen atoms in total. The summed E-state index contributed by atoms with van der Waals surface area (Å²) in [6, 6.07) is 5.77. The van der Waals surface area contributed by atoms with Gasteiger partial charge in [-0.2, -0.15) is 0 Å². The number of benzene rings is 1. The van der Waals surface area contributed by atoms with E-state index >= 15 is 0 Å². The number of para-hydroxylation sites is 1. The van der Waals surface area contributed by atoms with Crippen LogP contribution in [-0.4, -0.2) is 79.5 Å².